The standard InChI is InChI=1S/C18H13Cl3O3/c1-18(11-2-4-12(19)5-3-11)8-10-6-9(7-13(22)23)15(20)16(21)14(10)17(18)24/h2-6H,7-8H2,1H3,(H,22,23). The SMILES string of the molecule is CC1(c2ccc(Cl)cc2)Cc2cc(CC(=O)O)c(Cl)c(Cl)c2C1=O. The topological polar surface area (TPSA) is 54.4 Å². The Morgan fingerprint density at radius 2 is 1.79 bits per heavy atom. The summed E-state index contributed by atoms with van der Waals surface area (Å²) in [6.45, 7) is 1.85. The number of hydrogen-bond donors (Lipinski definition) is 1. The maximum atomic E-state index is 13.0. The molecule has 0 fully saturated rings. The van der Waals surface area contributed by atoms with Crippen molar-refractivity contribution in [2.24, 2.45) is 0 Å². The molecule has 0 aromatic heterocycles. The van der Waals surface area contributed by atoms with E-state index in [0.717, 1.165) is 11.1 Å². The van der Waals surface area contributed by atoms with Gasteiger partial charge in [-0.25, -0.2) is 0 Å². The second-order valence-corrected chi connectivity index (χ2v) is 7.31. The molecule has 0 spiro atoms. The number of aliphatic carboxylic acids is 1. The van der Waals surface area contributed by atoms with Gasteiger partial charge in [0.05, 0.1) is 21.9 Å². The van der Waals surface area contributed by atoms with Crippen LogP contribution in [0, 0.1) is 0 Å². The molecule has 1 N–H and O–H groups in total. The molecule has 1 atom stereocenters. The van der Waals surface area contributed by atoms with E-state index in [9.17, 15) is 9.59 Å². The predicted octanol–water partition coefficient (Wildman–Crippen LogP) is 4.97. The monoisotopic (exact) mass is 382 g/mol. The molecular formula is C18H13Cl3O3. The second kappa shape index (κ2) is 6.07. The molecular weight excluding hydrogens is 371 g/mol. The molecule has 0 amide bonds. The van der Waals surface area contributed by atoms with Gasteiger partial charge in [-0.05, 0) is 42.2 Å². The number of ketones is 1. The maximum Gasteiger partial charge on any atom is 0.307 e. The smallest absolute Gasteiger partial charge is 0.307 e. The Hall–Kier alpha value is -1.55. The van der Waals surface area contributed by atoms with E-state index in [4.69, 9.17) is 39.9 Å². The molecule has 0 heterocycles. The number of carboxylic acids is 1. The fourth-order valence-corrected chi connectivity index (χ4v) is 3.87. The Morgan fingerprint density at radius 1 is 1.17 bits per heavy atom. The molecule has 3 nitrogen and oxygen atoms in total. The van der Waals surface area contributed by atoms with Gasteiger partial charge in [-0.2, -0.15) is 0 Å². The Bertz CT molecular complexity index is 859. The third kappa shape index (κ3) is 2.71. The molecule has 3 rings (SSSR count). The van der Waals surface area contributed by atoms with Crippen LogP contribution in [0.5, 0.6) is 0 Å². The first-order valence-electron chi connectivity index (χ1n) is 7.26. The Labute approximate surface area is 154 Å². The summed E-state index contributed by atoms with van der Waals surface area (Å²) in [5.74, 6) is -1.12. The third-order valence-electron chi connectivity index (χ3n) is 4.46. The predicted molar refractivity (Wildman–Crippen MR) is 94.6 cm³/mol. The minimum absolute atomic E-state index is 0.117. The van der Waals surface area contributed by atoms with Crippen LogP contribution in [0.3, 0.4) is 0 Å². The molecule has 0 saturated heterocycles. The maximum absolute atomic E-state index is 13.0. The van der Waals surface area contributed by atoms with E-state index in [1.54, 1.807) is 18.2 Å². The molecule has 1 aliphatic rings. The number of Topliss-reactive ketones (excluding diaryl/α,β-unsaturated/α-hetero) is 1. The van der Waals surface area contributed by atoms with Crippen molar-refractivity contribution >= 4 is 46.6 Å². The second-order valence-electron chi connectivity index (χ2n) is 6.11. The first-order chi connectivity index (χ1) is 11.2. The van der Waals surface area contributed by atoms with Gasteiger partial charge in [0, 0.05) is 10.6 Å². The van der Waals surface area contributed by atoms with Crippen LogP contribution in [0.4, 0.5) is 0 Å². The number of carboxylic acid groups (broad SMARTS) is 1. The average Bonchev–Trinajstić information content (AvgIpc) is 2.77. The van der Waals surface area contributed by atoms with Crippen molar-refractivity contribution in [3.63, 3.8) is 0 Å². The van der Waals surface area contributed by atoms with Gasteiger partial charge >= 0.3 is 5.97 Å². The minimum atomic E-state index is -1.00. The lowest BCUT2D eigenvalue weighted by Crippen LogP contribution is -2.29. The summed E-state index contributed by atoms with van der Waals surface area (Å²) in [5, 5.41) is 9.86. The third-order valence-corrected chi connectivity index (χ3v) is 5.62. The largest absolute Gasteiger partial charge is 0.481 e. The van der Waals surface area contributed by atoms with Crippen molar-refractivity contribution < 1.29 is 14.7 Å². The summed E-state index contributed by atoms with van der Waals surface area (Å²) in [6, 6.07) is 8.79. The van der Waals surface area contributed by atoms with Crippen LogP contribution in [0.25, 0.3) is 0 Å². The number of benzene rings is 2. The fourth-order valence-electron chi connectivity index (χ4n) is 3.20. The van der Waals surface area contributed by atoms with Crippen LogP contribution in [-0.2, 0) is 23.1 Å². The molecule has 1 aliphatic carbocycles. The molecule has 124 valence electrons. The van der Waals surface area contributed by atoms with Crippen molar-refractivity contribution in [3.05, 3.63) is 67.7 Å². The number of halogens is 3. The lowest BCUT2D eigenvalue weighted by Gasteiger charge is -2.22. The van der Waals surface area contributed by atoms with Crippen molar-refractivity contribution in [1.82, 2.24) is 0 Å². The first kappa shape index (κ1) is 17.3. The van der Waals surface area contributed by atoms with E-state index >= 15 is 0 Å². The quantitative estimate of drug-likeness (QED) is 0.814. The van der Waals surface area contributed by atoms with Crippen LogP contribution in [0.2, 0.25) is 15.1 Å². The highest BCUT2D eigenvalue weighted by atomic mass is 35.5. The van der Waals surface area contributed by atoms with Crippen LogP contribution in [0.1, 0.15) is 34.0 Å². The molecule has 0 radical (unpaired) electrons. The Balaban J connectivity index is 2.11. The molecule has 24 heavy (non-hydrogen) atoms. The highest BCUT2D eigenvalue weighted by Crippen LogP contribution is 2.45. The summed E-state index contributed by atoms with van der Waals surface area (Å²) < 4.78 is 0. The molecule has 0 aliphatic heterocycles. The zero-order chi connectivity index (χ0) is 17.6. The van der Waals surface area contributed by atoms with Gasteiger partial charge in [-0.15, -0.1) is 0 Å². The summed E-state index contributed by atoms with van der Waals surface area (Å²) in [6.07, 6.45) is 0.198. The van der Waals surface area contributed by atoms with Crippen molar-refractivity contribution in [3.8, 4) is 0 Å². The van der Waals surface area contributed by atoms with E-state index in [1.807, 2.05) is 19.1 Å². The Morgan fingerprint density at radius 3 is 2.38 bits per heavy atom. The van der Waals surface area contributed by atoms with E-state index in [1.165, 1.54) is 0 Å². The summed E-state index contributed by atoms with van der Waals surface area (Å²) in [7, 11) is 0. The number of carbonyl (C=O) groups is 2. The first-order valence-corrected chi connectivity index (χ1v) is 8.40. The van der Waals surface area contributed by atoms with Crippen LogP contribution in [0.15, 0.2) is 30.3 Å². The lowest BCUT2D eigenvalue weighted by atomic mass is 9.79. The number of rotatable bonds is 3. The van der Waals surface area contributed by atoms with E-state index in [0.29, 0.717) is 22.6 Å². The van der Waals surface area contributed by atoms with Gasteiger partial charge < -0.3 is 5.11 Å². The average molecular weight is 384 g/mol. The summed E-state index contributed by atoms with van der Waals surface area (Å²) in [4.78, 5) is 24.0. The Kier molecular flexibility index (Phi) is 4.37. The zero-order valence-electron chi connectivity index (χ0n) is 12.7. The molecule has 0 bridgehead atoms. The van der Waals surface area contributed by atoms with Crippen LogP contribution >= 0.6 is 34.8 Å². The van der Waals surface area contributed by atoms with Gasteiger partial charge in [0.25, 0.3) is 0 Å². The highest BCUT2D eigenvalue weighted by molar-refractivity contribution is 6.45. The fraction of sp³-hybridized carbons (Fsp3) is 0.222. The van der Waals surface area contributed by atoms with Crippen molar-refractivity contribution in [2.75, 3.05) is 0 Å². The number of carbonyl (C=O) groups excluding carboxylic acids is 1. The highest BCUT2D eigenvalue weighted by Gasteiger charge is 2.44. The van der Waals surface area contributed by atoms with Crippen molar-refractivity contribution in [2.45, 2.75) is 25.2 Å². The van der Waals surface area contributed by atoms with E-state index < -0.39 is 11.4 Å². The zero-order valence-corrected chi connectivity index (χ0v) is 15.0. The van der Waals surface area contributed by atoms with E-state index in [-0.39, 0.29) is 22.2 Å². The van der Waals surface area contributed by atoms with E-state index in [2.05, 4.69) is 0 Å². The normalized spacial score (nSPS) is 19.4. The number of hydrogen-bond acceptors (Lipinski definition) is 2. The van der Waals surface area contributed by atoms with Crippen LogP contribution in [-0.4, -0.2) is 16.9 Å². The molecule has 0 saturated carbocycles. The van der Waals surface area contributed by atoms with Gasteiger partial charge in [0.1, 0.15) is 0 Å². The lowest BCUT2D eigenvalue weighted by molar-refractivity contribution is -0.136. The van der Waals surface area contributed by atoms with Gasteiger partial charge in [-0.1, -0.05) is 53.0 Å². The van der Waals surface area contributed by atoms with Gasteiger partial charge in [-0.3, -0.25) is 9.59 Å². The summed E-state index contributed by atoms with van der Waals surface area (Å²) in [5.41, 5.74) is 1.58. The van der Waals surface area contributed by atoms with Crippen LogP contribution < -0.4 is 0 Å². The molecule has 6 heteroatoms. The van der Waals surface area contributed by atoms with Gasteiger partial charge in [0.15, 0.2) is 5.78 Å². The molecule has 2 aromatic rings. The molecule has 1 unspecified atom stereocenters. The van der Waals surface area contributed by atoms with Gasteiger partial charge in [0.2, 0.25) is 0 Å². The number of fused-ring (bicyclic) bond motifs is 1. The summed E-state index contributed by atoms with van der Waals surface area (Å²) >= 11 is 18.4. The van der Waals surface area contributed by atoms with Crippen molar-refractivity contribution in [1.29, 1.82) is 0 Å². The molecule has 2 aromatic carbocycles. The minimum Gasteiger partial charge on any atom is -0.481 e.